The molecule has 2 nitrogen and oxygen atoms in total. The molecule has 0 saturated heterocycles. The minimum atomic E-state index is -0.230. The summed E-state index contributed by atoms with van der Waals surface area (Å²) < 4.78 is 13.3. The van der Waals surface area contributed by atoms with Crippen molar-refractivity contribution in [1.82, 2.24) is 0 Å². The molecule has 96 valence electrons. The molecule has 17 heavy (non-hydrogen) atoms. The number of nitrogens with two attached hydrogens (primary N) is 1. The Morgan fingerprint density at radius 3 is 2.24 bits per heavy atom. The van der Waals surface area contributed by atoms with E-state index >= 15 is 0 Å². The van der Waals surface area contributed by atoms with E-state index in [2.05, 4.69) is 25.7 Å². The van der Waals surface area contributed by atoms with E-state index < -0.39 is 0 Å². The minimum absolute atomic E-state index is 0.164. The molecular weight excluding hydrogens is 215 g/mol. The first-order valence-corrected chi connectivity index (χ1v) is 6.12. The second kappa shape index (κ2) is 5.50. The Balaban J connectivity index is 3.12. The van der Waals surface area contributed by atoms with Crippen molar-refractivity contribution < 1.29 is 4.39 Å². The molecule has 0 amide bonds. The largest absolute Gasteiger partial charge is 0.371 e. The smallest absolute Gasteiger partial charge is 0.123 e. The topological polar surface area (TPSA) is 29.3 Å². The maximum Gasteiger partial charge on any atom is 0.123 e. The monoisotopic (exact) mass is 238 g/mol. The van der Waals surface area contributed by atoms with Crippen LogP contribution >= 0.6 is 0 Å². The summed E-state index contributed by atoms with van der Waals surface area (Å²) >= 11 is 0. The van der Waals surface area contributed by atoms with Crippen molar-refractivity contribution in [3.05, 3.63) is 29.6 Å². The van der Waals surface area contributed by atoms with E-state index in [0.717, 1.165) is 11.3 Å². The van der Waals surface area contributed by atoms with Gasteiger partial charge in [-0.25, -0.2) is 4.39 Å². The van der Waals surface area contributed by atoms with Crippen LogP contribution in [0.4, 0.5) is 10.1 Å². The molecule has 0 bridgehead atoms. The van der Waals surface area contributed by atoms with Gasteiger partial charge in [-0.15, -0.1) is 0 Å². The minimum Gasteiger partial charge on any atom is -0.371 e. The van der Waals surface area contributed by atoms with E-state index in [0.29, 0.717) is 12.0 Å². The Morgan fingerprint density at radius 2 is 1.76 bits per heavy atom. The quantitative estimate of drug-likeness (QED) is 0.871. The highest BCUT2D eigenvalue weighted by Crippen LogP contribution is 2.28. The van der Waals surface area contributed by atoms with Gasteiger partial charge < -0.3 is 10.6 Å². The van der Waals surface area contributed by atoms with Crippen LogP contribution in [-0.4, -0.2) is 13.1 Å². The fourth-order valence-corrected chi connectivity index (χ4v) is 1.88. The zero-order chi connectivity index (χ0) is 13.2. The summed E-state index contributed by atoms with van der Waals surface area (Å²) in [6.07, 6.45) is 0. The molecule has 1 rings (SSSR count). The number of hydrogen-bond donors (Lipinski definition) is 1. The normalized spacial score (nSPS) is 14.8. The van der Waals surface area contributed by atoms with Gasteiger partial charge in [0.05, 0.1) is 0 Å². The second-order valence-corrected chi connectivity index (χ2v) is 5.09. The van der Waals surface area contributed by atoms with E-state index in [-0.39, 0.29) is 11.9 Å². The van der Waals surface area contributed by atoms with Crippen LogP contribution in [0, 0.1) is 11.7 Å². The third kappa shape index (κ3) is 3.19. The second-order valence-electron chi connectivity index (χ2n) is 5.09. The summed E-state index contributed by atoms with van der Waals surface area (Å²) in [6, 6.07) is 5.06. The highest BCUT2D eigenvalue weighted by atomic mass is 19.1. The first kappa shape index (κ1) is 14.0. The molecular formula is C14H23FN2. The van der Waals surface area contributed by atoms with E-state index in [1.807, 2.05) is 20.0 Å². The van der Waals surface area contributed by atoms with Crippen LogP contribution in [0.5, 0.6) is 0 Å². The molecule has 0 heterocycles. The van der Waals surface area contributed by atoms with Gasteiger partial charge in [0.25, 0.3) is 0 Å². The van der Waals surface area contributed by atoms with Crippen molar-refractivity contribution in [2.45, 2.75) is 39.8 Å². The predicted octanol–water partition coefficient (Wildman–Crippen LogP) is 3.33. The number of hydrogen-bond acceptors (Lipinski definition) is 2. The average molecular weight is 238 g/mol. The molecule has 0 aliphatic heterocycles. The predicted molar refractivity (Wildman–Crippen MR) is 71.7 cm³/mol. The maximum atomic E-state index is 13.3. The number of rotatable bonds is 4. The molecule has 0 aliphatic carbocycles. The van der Waals surface area contributed by atoms with E-state index in [4.69, 9.17) is 5.73 Å². The number of benzene rings is 1. The van der Waals surface area contributed by atoms with Crippen LogP contribution in [0.25, 0.3) is 0 Å². The van der Waals surface area contributed by atoms with Crippen LogP contribution in [0.2, 0.25) is 0 Å². The van der Waals surface area contributed by atoms with Crippen molar-refractivity contribution in [1.29, 1.82) is 0 Å². The van der Waals surface area contributed by atoms with Crippen molar-refractivity contribution in [2.24, 2.45) is 11.7 Å². The average Bonchev–Trinajstić information content (AvgIpc) is 2.26. The van der Waals surface area contributed by atoms with Crippen molar-refractivity contribution in [2.75, 3.05) is 11.9 Å². The molecule has 2 atom stereocenters. The number of anilines is 1. The van der Waals surface area contributed by atoms with Gasteiger partial charge in [0.2, 0.25) is 0 Å². The molecule has 1 aromatic rings. The third-order valence-electron chi connectivity index (χ3n) is 3.44. The summed E-state index contributed by atoms with van der Waals surface area (Å²) in [5.41, 5.74) is 7.78. The van der Waals surface area contributed by atoms with Crippen LogP contribution < -0.4 is 10.6 Å². The summed E-state index contributed by atoms with van der Waals surface area (Å²) in [6.45, 7) is 8.40. The van der Waals surface area contributed by atoms with Crippen LogP contribution in [0.3, 0.4) is 0 Å². The first-order chi connectivity index (χ1) is 7.84. The van der Waals surface area contributed by atoms with Crippen LogP contribution in [0.15, 0.2) is 18.2 Å². The van der Waals surface area contributed by atoms with Gasteiger partial charge >= 0.3 is 0 Å². The standard InChI is InChI=1S/C14H23FN2/c1-9(2)11(4)17(5)14-7-6-12(15)8-13(14)10(3)16/h6-11H,16H2,1-5H3. The molecule has 2 N–H and O–H groups in total. The third-order valence-corrected chi connectivity index (χ3v) is 3.44. The molecule has 0 fully saturated rings. The van der Waals surface area contributed by atoms with Gasteiger partial charge in [-0.3, -0.25) is 0 Å². The zero-order valence-electron chi connectivity index (χ0n) is 11.4. The highest BCUT2D eigenvalue weighted by molar-refractivity contribution is 5.55. The lowest BCUT2D eigenvalue weighted by molar-refractivity contribution is 0.503. The molecule has 0 saturated carbocycles. The molecule has 0 aliphatic rings. The molecule has 1 aromatic carbocycles. The van der Waals surface area contributed by atoms with Crippen LogP contribution in [-0.2, 0) is 0 Å². The Labute approximate surface area is 104 Å². The summed E-state index contributed by atoms with van der Waals surface area (Å²) in [4.78, 5) is 2.17. The lowest BCUT2D eigenvalue weighted by atomic mass is 10.0. The Morgan fingerprint density at radius 1 is 1.18 bits per heavy atom. The molecule has 0 spiro atoms. The van der Waals surface area contributed by atoms with Crippen LogP contribution in [0.1, 0.15) is 39.3 Å². The SMILES string of the molecule is CC(N)c1cc(F)ccc1N(C)C(C)C(C)C. The Bertz CT molecular complexity index is 374. The van der Waals surface area contributed by atoms with Gasteiger partial charge in [-0.2, -0.15) is 0 Å². The van der Waals surface area contributed by atoms with Gasteiger partial charge in [0.15, 0.2) is 0 Å². The zero-order valence-corrected chi connectivity index (χ0v) is 11.4. The van der Waals surface area contributed by atoms with E-state index in [1.54, 1.807) is 0 Å². The summed E-state index contributed by atoms with van der Waals surface area (Å²) in [7, 11) is 2.03. The molecule has 3 heteroatoms. The maximum absolute atomic E-state index is 13.3. The van der Waals surface area contributed by atoms with Gasteiger partial charge in [-0.05, 0) is 43.5 Å². The van der Waals surface area contributed by atoms with Gasteiger partial charge in [-0.1, -0.05) is 13.8 Å². The summed E-state index contributed by atoms with van der Waals surface area (Å²) in [5.74, 6) is 0.303. The van der Waals surface area contributed by atoms with Crippen molar-refractivity contribution in [3.8, 4) is 0 Å². The molecule has 0 radical (unpaired) electrons. The Hall–Kier alpha value is -1.09. The Kier molecular flexibility index (Phi) is 4.52. The number of halogens is 1. The lowest BCUT2D eigenvalue weighted by Gasteiger charge is -2.32. The molecule has 0 aromatic heterocycles. The fourth-order valence-electron chi connectivity index (χ4n) is 1.88. The fraction of sp³-hybridized carbons (Fsp3) is 0.571. The van der Waals surface area contributed by atoms with Gasteiger partial charge in [0, 0.05) is 24.8 Å². The van der Waals surface area contributed by atoms with Gasteiger partial charge in [0.1, 0.15) is 5.82 Å². The summed E-state index contributed by atoms with van der Waals surface area (Å²) in [5, 5.41) is 0. The highest BCUT2D eigenvalue weighted by Gasteiger charge is 2.18. The van der Waals surface area contributed by atoms with E-state index in [1.165, 1.54) is 12.1 Å². The lowest BCUT2D eigenvalue weighted by Crippen LogP contribution is -2.34. The van der Waals surface area contributed by atoms with Crippen molar-refractivity contribution >= 4 is 5.69 Å². The molecule has 2 unspecified atom stereocenters. The van der Waals surface area contributed by atoms with E-state index in [9.17, 15) is 4.39 Å². The first-order valence-electron chi connectivity index (χ1n) is 6.12. The van der Waals surface area contributed by atoms with Crippen molar-refractivity contribution in [3.63, 3.8) is 0 Å². The number of nitrogens with zero attached hydrogens (tertiary/aromatic N) is 1.